The number of ether oxygens (including phenoxy) is 2. The van der Waals surface area contributed by atoms with Crippen molar-refractivity contribution in [2.45, 2.75) is 19.4 Å². The molecule has 0 radical (unpaired) electrons. The second-order valence-electron chi connectivity index (χ2n) is 4.28. The summed E-state index contributed by atoms with van der Waals surface area (Å²) in [4.78, 5) is 0. The molecule has 19 heavy (non-hydrogen) atoms. The molecule has 0 heterocycles. The lowest BCUT2D eigenvalue weighted by atomic mass is 10.1. The Morgan fingerprint density at radius 1 is 1.16 bits per heavy atom. The fraction of sp³-hybridized carbons (Fsp3) is 0.571. The van der Waals surface area contributed by atoms with Crippen LogP contribution in [0.4, 0.5) is 8.78 Å². The standard InChI is InChI=1S/C14H21F2NO2/c1-3-4-17-14(10-19-6-5-18-2)11-7-12(15)9-13(16)8-11/h7-9,14,17H,3-6,10H2,1-2H3. The molecule has 0 saturated carbocycles. The van der Waals surface area contributed by atoms with Crippen molar-refractivity contribution in [1.29, 1.82) is 0 Å². The van der Waals surface area contributed by atoms with Crippen molar-refractivity contribution >= 4 is 0 Å². The molecule has 0 fully saturated rings. The number of hydrogen-bond donors (Lipinski definition) is 1. The summed E-state index contributed by atoms with van der Waals surface area (Å²) >= 11 is 0. The first-order valence-electron chi connectivity index (χ1n) is 6.43. The Hall–Kier alpha value is -1.04. The largest absolute Gasteiger partial charge is 0.382 e. The number of halogens is 2. The highest BCUT2D eigenvalue weighted by Gasteiger charge is 2.13. The zero-order valence-corrected chi connectivity index (χ0v) is 11.4. The second-order valence-corrected chi connectivity index (χ2v) is 4.28. The van der Waals surface area contributed by atoms with Crippen LogP contribution in [0.2, 0.25) is 0 Å². The Bertz CT molecular complexity index is 354. The maximum atomic E-state index is 13.2. The van der Waals surface area contributed by atoms with Gasteiger partial charge in [-0.2, -0.15) is 0 Å². The molecule has 1 aromatic carbocycles. The fourth-order valence-corrected chi connectivity index (χ4v) is 1.71. The van der Waals surface area contributed by atoms with Gasteiger partial charge >= 0.3 is 0 Å². The van der Waals surface area contributed by atoms with Gasteiger partial charge in [-0.05, 0) is 30.7 Å². The van der Waals surface area contributed by atoms with Gasteiger partial charge in [-0.1, -0.05) is 6.92 Å². The summed E-state index contributed by atoms with van der Waals surface area (Å²) in [7, 11) is 1.60. The minimum Gasteiger partial charge on any atom is -0.382 e. The van der Waals surface area contributed by atoms with Crippen LogP contribution in [0, 0.1) is 11.6 Å². The Morgan fingerprint density at radius 2 is 1.84 bits per heavy atom. The van der Waals surface area contributed by atoms with E-state index in [1.807, 2.05) is 6.92 Å². The van der Waals surface area contributed by atoms with Crippen LogP contribution in [-0.4, -0.2) is 33.5 Å². The summed E-state index contributed by atoms with van der Waals surface area (Å²) in [6.07, 6.45) is 0.937. The van der Waals surface area contributed by atoms with Gasteiger partial charge in [0.25, 0.3) is 0 Å². The molecule has 1 N–H and O–H groups in total. The Kier molecular flexibility index (Phi) is 7.55. The molecule has 0 spiro atoms. The second kappa shape index (κ2) is 8.96. The van der Waals surface area contributed by atoms with Gasteiger partial charge in [-0.15, -0.1) is 0 Å². The van der Waals surface area contributed by atoms with E-state index in [4.69, 9.17) is 9.47 Å². The molecule has 0 aliphatic rings. The molecule has 3 nitrogen and oxygen atoms in total. The normalized spacial score (nSPS) is 12.6. The first-order chi connectivity index (χ1) is 9.17. The zero-order chi connectivity index (χ0) is 14.1. The molecule has 1 rings (SSSR count). The van der Waals surface area contributed by atoms with E-state index in [0.717, 1.165) is 19.0 Å². The van der Waals surface area contributed by atoms with Crippen LogP contribution < -0.4 is 5.32 Å². The van der Waals surface area contributed by atoms with Crippen molar-refractivity contribution in [3.63, 3.8) is 0 Å². The van der Waals surface area contributed by atoms with Crippen molar-refractivity contribution in [2.75, 3.05) is 33.5 Å². The molecule has 0 aliphatic heterocycles. The van der Waals surface area contributed by atoms with Gasteiger partial charge in [0.15, 0.2) is 0 Å². The summed E-state index contributed by atoms with van der Waals surface area (Å²) in [6.45, 7) is 4.10. The third-order valence-electron chi connectivity index (χ3n) is 2.64. The van der Waals surface area contributed by atoms with Gasteiger partial charge in [0.2, 0.25) is 0 Å². The average Bonchev–Trinajstić information content (AvgIpc) is 2.36. The minimum atomic E-state index is -0.574. The maximum absolute atomic E-state index is 13.2. The van der Waals surface area contributed by atoms with E-state index in [1.54, 1.807) is 7.11 Å². The van der Waals surface area contributed by atoms with E-state index >= 15 is 0 Å². The molecule has 5 heteroatoms. The predicted octanol–water partition coefficient (Wildman–Crippen LogP) is 2.67. The summed E-state index contributed by atoms with van der Waals surface area (Å²) < 4.78 is 36.8. The first kappa shape index (κ1) is 16.0. The van der Waals surface area contributed by atoms with E-state index < -0.39 is 11.6 Å². The molecular formula is C14H21F2NO2. The number of hydrogen-bond acceptors (Lipinski definition) is 3. The lowest BCUT2D eigenvalue weighted by Gasteiger charge is -2.19. The topological polar surface area (TPSA) is 30.5 Å². The number of benzene rings is 1. The quantitative estimate of drug-likeness (QED) is 0.702. The van der Waals surface area contributed by atoms with Crippen molar-refractivity contribution in [3.8, 4) is 0 Å². The van der Waals surface area contributed by atoms with E-state index in [1.165, 1.54) is 12.1 Å². The van der Waals surface area contributed by atoms with Gasteiger partial charge in [0.05, 0.1) is 25.9 Å². The van der Waals surface area contributed by atoms with Crippen LogP contribution in [0.15, 0.2) is 18.2 Å². The van der Waals surface area contributed by atoms with Gasteiger partial charge in [0, 0.05) is 13.2 Å². The van der Waals surface area contributed by atoms with Crippen molar-refractivity contribution in [3.05, 3.63) is 35.4 Å². The minimum absolute atomic E-state index is 0.220. The summed E-state index contributed by atoms with van der Waals surface area (Å²) in [5, 5.41) is 3.22. The van der Waals surface area contributed by atoms with Crippen molar-refractivity contribution in [2.24, 2.45) is 0 Å². The molecule has 1 aromatic rings. The molecule has 1 atom stereocenters. The molecule has 0 aromatic heterocycles. The van der Waals surface area contributed by atoms with Crippen molar-refractivity contribution in [1.82, 2.24) is 5.32 Å². The van der Waals surface area contributed by atoms with Gasteiger partial charge in [-0.25, -0.2) is 8.78 Å². The molecule has 1 unspecified atom stereocenters. The molecule has 0 bridgehead atoms. The molecule has 0 saturated heterocycles. The number of rotatable bonds is 9. The lowest BCUT2D eigenvalue weighted by Crippen LogP contribution is -2.27. The Labute approximate surface area is 112 Å². The number of nitrogens with one attached hydrogen (secondary N) is 1. The average molecular weight is 273 g/mol. The zero-order valence-electron chi connectivity index (χ0n) is 11.4. The predicted molar refractivity (Wildman–Crippen MR) is 70.1 cm³/mol. The SMILES string of the molecule is CCCNC(COCCOC)c1cc(F)cc(F)c1. The highest BCUT2D eigenvalue weighted by atomic mass is 19.1. The smallest absolute Gasteiger partial charge is 0.126 e. The highest BCUT2D eigenvalue weighted by molar-refractivity contribution is 5.21. The fourth-order valence-electron chi connectivity index (χ4n) is 1.71. The molecule has 0 amide bonds. The first-order valence-corrected chi connectivity index (χ1v) is 6.43. The summed E-state index contributed by atoms with van der Waals surface area (Å²) in [5.41, 5.74) is 0.559. The highest BCUT2D eigenvalue weighted by Crippen LogP contribution is 2.17. The van der Waals surface area contributed by atoms with E-state index in [0.29, 0.717) is 25.4 Å². The lowest BCUT2D eigenvalue weighted by molar-refractivity contribution is 0.0585. The maximum Gasteiger partial charge on any atom is 0.126 e. The van der Waals surface area contributed by atoms with Crippen LogP contribution in [-0.2, 0) is 9.47 Å². The summed E-state index contributed by atoms with van der Waals surface area (Å²) in [6, 6.07) is 3.31. The van der Waals surface area contributed by atoms with E-state index in [2.05, 4.69) is 5.32 Å². The van der Waals surface area contributed by atoms with Crippen molar-refractivity contribution < 1.29 is 18.3 Å². The third-order valence-corrected chi connectivity index (χ3v) is 2.64. The van der Waals surface area contributed by atoms with E-state index in [9.17, 15) is 8.78 Å². The van der Waals surface area contributed by atoms with Crippen LogP contribution in [0.3, 0.4) is 0 Å². The van der Waals surface area contributed by atoms with Gasteiger partial charge < -0.3 is 14.8 Å². The Balaban J connectivity index is 2.65. The van der Waals surface area contributed by atoms with Crippen LogP contribution in [0.1, 0.15) is 24.9 Å². The number of methoxy groups -OCH3 is 1. The van der Waals surface area contributed by atoms with Gasteiger partial charge in [-0.3, -0.25) is 0 Å². The third kappa shape index (κ3) is 6.09. The molecule has 0 aliphatic carbocycles. The van der Waals surface area contributed by atoms with Crippen LogP contribution in [0.25, 0.3) is 0 Å². The van der Waals surface area contributed by atoms with Gasteiger partial charge in [0.1, 0.15) is 11.6 Å². The van der Waals surface area contributed by atoms with E-state index in [-0.39, 0.29) is 6.04 Å². The monoisotopic (exact) mass is 273 g/mol. The van der Waals surface area contributed by atoms with Crippen LogP contribution in [0.5, 0.6) is 0 Å². The molecular weight excluding hydrogens is 252 g/mol. The Morgan fingerprint density at radius 3 is 2.42 bits per heavy atom. The summed E-state index contributed by atoms with van der Waals surface area (Å²) in [5.74, 6) is -1.15. The van der Waals surface area contributed by atoms with Crippen LogP contribution >= 0.6 is 0 Å². The molecule has 108 valence electrons.